The molecule has 0 saturated carbocycles. The molecule has 0 heterocycles. The number of hydrogen-bond donors (Lipinski definition) is 0. The molecule has 0 N–H and O–H groups in total. The van der Waals surface area contributed by atoms with Crippen LogP contribution in [0.4, 0.5) is 0 Å². The minimum atomic E-state index is 0. The van der Waals surface area contributed by atoms with Crippen molar-refractivity contribution in [2.75, 3.05) is 6.61 Å². The first-order valence-corrected chi connectivity index (χ1v) is 4.66. The fourth-order valence-electron chi connectivity index (χ4n) is 0. The molecule has 1 nitrogen and oxygen atoms in total. The van der Waals surface area contributed by atoms with Crippen LogP contribution in [0.2, 0.25) is 11.1 Å². The molecule has 0 saturated heterocycles. The van der Waals surface area contributed by atoms with Crippen molar-refractivity contribution in [3.63, 3.8) is 0 Å². The van der Waals surface area contributed by atoms with Gasteiger partial charge in [0.05, 0.1) is 0 Å². The molecule has 0 rings (SSSR count). The molecule has 0 amide bonds. The first-order valence-electron chi connectivity index (χ1n) is 2.69. The van der Waals surface area contributed by atoms with Gasteiger partial charge in [-0.1, -0.05) is 6.92 Å². The quantitative estimate of drug-likeness (QED) is 0.458. The molecule has 0 fully saturated rings. The summed E-state index contributed by atoms with van der Waals surface area (Å²) in [6, 6.07) is 0. The van der Waals surface area contributed by atoms with Gasteiger partial charge in [0, 0.05) is 0 Å². The molecule has 0 aromatic carbocycles. The molecule has 0 aromatic heterocycles. The second kappa shape index (κ2) is 16.1. The number of rotatable bonds is 1. The molecule has 0 aliphatic carbocycles. The molecule has 7 heavy (non-hydrogen) atoms. The van der Waals surface area contributed by atoms with E-state index in [1.54, 1.807) is 6.92 Å². The predicted molar refractivity (Wildman–Crippen MR) is 32.6 cm³/mol. The average molecular weight is 116 g/mol. The van der Waals surface area contributed by atoms with Crippen molar-refractivity contribution in [2.24, 2.45) is 0 Å². The van der Waals surface area contributed by atoms with E-state index in [0.29, 0.717) is 0 Å². The molecule has 0 spiro atoms. The van der Waals surface area contributed by atoms with Gasteiger partial charge >= 0.3 is 33.2 Å². The van der Waals surface area contributed by atoms with E-state index in [2.05, 4.69) is 12.7 Å². The normalized spacial score (nSPS) is 5.71. The zero-order chi connectivity index (χ0) is 6.12. The average Bonchev–Trinajstić information content (AvgIpc) is 1.69. The summed E-state index contributed by atoms with van der Waals surface area (Å²) in [6.45, 7) is 3.79. The van der Waals surface area contributed by atoms with Crippen LogP contribution in [0.15, 0.2) is 0 Å². The second-order valence-electron chi connectivity index (χ2n) is 1.11. The van der Waals surface area contributed by atoms with E-state index in [1.165, 1.54) is 5.28 Å². The van der Waals surface area contributed by atoms with Gasteiger partial charge in [0.2, 0.25) is 0 Å². The Kier molecular flexibility index (Phi) is 24.0. The Balaban J connectivity index is 0. The summed E-state index contributed by atoms with van der Waals surface area (Å²) < 4.78 is 0. The maximum absolute atomic E-state index is 8.93. The monoisotopic (exact) mass is 116 g/mol. The van der Waals surface area contributed by atoms with E-state index in [0.717, 1.165) is 15.2 Å². The van der Waals surface area contributed by atoms with Gasteiger partial charge in [-0.15, -0.1) is 6.61 Å². The van der Waals surface area contributed by atoms with Crippen LogP contribution in [0, 0.1) is 0 Å². The van der Waals surface area contributed by atoms with E-state index in [1.807, 2.05) is 0 Å². The fraction of sp³-hybridized carbons (Fsp3) is 1.00. The molecule has 2 heteroatoms. The topological polar surface area (TPSA) is 23.1 Å². The third-order valence-electron chi connectivity index (χ3n) is 0.408. The van der Waals surface area contributed by atoms with E-state index >= 15 is 0 Å². The molecule has 0 atom stereocenters. The minimum absolute atomic E-state index is 0. The third-order valence-corrected chi connectivity index (χ3v) is 1.22. The molecule has 42 valence electrons. The molecular formula is C5H13AlO. The molecule has 0 aliphatic heterocycles. The summed E-state index contributed by atoms with van der Waals surface area (Å²) in [5.41, 5.74) is 0. The van der Waals surface area contributed by atoms with Crippen LogP contribution in [0.1, 0.15) is 13.8 Å². The van der Waals surface area contributed by atoms with E-state index in [-0.39, 0.29) is 6.61 Å². The molecule has 0 aliphatic rings. The summed E-state index contributed by atoms with van der Waals surface area (Å²) >= 11 is 0.782. The van der Waals surface area contributed by atoms with Crippen molar-refractivity contribution in [3.05, 3.63) is 0 Å². The van der Waals surface area contributed by atoms with Crippen LogP contribution < -0.4 is 5.11 Å². The van der Waals surface area contributed by atoms with Gasteiger partial charge in [0.25, 0.3) is 0 Å². The van der Waals surface area contributed by atoms with E-state index < -0.39 is 0 Å². The van der Waals surface area contributed by atoms with E-state index in [4.69, 9.17) is 5.11 Å². The van der Waals surface area contributed by atoms with Crippen LogP contribution in [0.25, 0.3) is 0 Å². The van der Waals surface area contributed by atoms with Crippen LogP contribution in [0.5, 0.6) is 0 Å². The zero-order valence-electron chi connectivity index (χ0n) is 5.40. The Hall–Kier alpha value is 0.492. The van der Waals surface area contributed by atoms with Crippen LogP contribution in [-0.4, -0.2) is 21.8 Å². The van der Waals surface area contributed by atoms with Crippen molar-refractivity contribution in [1.29, 1.82) is 0 Å². The first kappa shape index (κ1) is 10.5. The Bertz CT molecular complexity index is 15.6. The standard InChI is InChI=1S/C2H5O.C2H5.CH3.Al/c1-2-3;1-2;;/h2H2,1H3;1H2,2H3;1H3;/q-1;;;+1. The summed E-state index contributed by atoms with van der Waals surface area (Å²) in [7, 11) is 0. The van der Waals surface area contributed by atoms with Gasteiger partial charge in [-0.3, -0.25) is 0 Å². The van der Waals surface area contributed by atoms with Gasteiger partial charge < -0.3 is 5.11 Å². The van der Waals surface area contributed by atoms with Gasteiger partial charge in [-0.25, -0.2) is 0 Å². The van der Waals surface area contributed by atoms with Crippen LogP contribution >= 0.6 is 0 Å². The predicted octanol–water partition coefficient (Wildman–Crippen LogP) is 0.544. The maximum atomic E-state index is 8.93. The van der Waals surface area contributed by atoms with E-state index in [9.17, 15) is 0 Å². The zero-order valence-corrected chi connectivity index (χ0v) is 6.55. The Morgan fingerprint density at radius 3 is 1.57 bits per heavy atom. The molecule has 0 aromatic rings. The summed E-state index contributed by atoms with van der Waals surface area (Å²) in [5, 5.41) is 10.3. The van der Waals surface area contributed by atoms with Crippen molar-refractivity contribution in [1.82, 2.24) is 0 Å². The van der Waals surface area contributed by atoms with Gasteiger partial charge in [0.1, 0.15) is 0 Å². The van der Waals surface area contributed by atoms with Gasteiger partial charge in [-0.05, 0) is 0 Å². The summed E-state index contributed by atoms with van der Waals surface area (Å²) in [5.74, 6) is 2.26. The summed E-state index contributed by atoms with van der Waals surface area (Å²) in [6.07, 6.45) is 0. The van der Waals surface area contributed by atoms with Crippen LogP contribution in [-0.2, 0) is 0 Å². The summed E-state index contributed by atoms with van der Waals surface area (Å²) in [4.78, 5) is 0. The molecule has 0 unspecified atom stereocenters. The van der Waals surface area contributed by atoms with Gasteiger partial charge in [-0.2, -0.15) is 0 Å². The molecular weight excluding hydrogens is 103 g/mol. The Morgan fingerprint density at radius 2 is 1.57 bits per heavy atom. The van der Waals surface area contributed by atoms with Crippen LogP contribution in [0.3, 0.4) is 0 Å². The SMILES string of the molecule is CC[O-].C[CH2][Al+][CH3]. The Labute approximate surface area is 52.5 Å². The third kappa shape index (κ3) is 58.8. The molecule has 0 radical (unpaired) electrons. The second-order valence-corrected chi connectivity index (χ2v) is 2.74. The van der Waals surface area contributed by atoms with Crippen molar-refractivity contribution in [2.45, 2.75) is 24.9 Å². The van der Waals surface area contributed by atoms with Crippen molar-refractivity contribution < 1.29 is 5.11 Å². The van der Waals surface area contributed by atoms with Gasteiger partial charge in [0.15, 0.2) is 0 Å². The molecule has 0 bridgehead atoms. The Morgan fingerprint density at radius 1 is 1.43 bits per heavy atom. The number of hydrogen-bond acceptors (Lipinski definition) is 1. The first-order chi connectivity index (χ1) is 3.33. The fourth-order valence-corrected chi connectivity index (χ4v) is 0. The van der Waals surface area contributed by atoms with Crippen molar-refractivity contribution in [3.8, 4) is 0 Å². The van der Waals surface area contributed by atoms with Crippen molar-refractivity contribution >= 4 is 15.2 Å².